The van der Waals surface area contributed by atoms with Crippen molar-refractivity contribution in [2.75, 3.05) is 5.43 Å². The van der Waals surface area contributed by atoms with E-state index in [0.29, 0.717) is 5.56 Å². The van der Waals surface area contributed by atoms with Crippen molar-refractivity contribution in [1.82, 2.24) is 0 Å². The third-order valence-electron chi connectivity index (χ3n) is 1.44. The van der Waals surface area contributed by atoms with Gasteiger partial charge in [0.15, 0.2) is 5.78 Å². The Morgan fingerprint density at radius 1 is 1.55 bits per heavy atom. The van der Waals surface area contributed by atoms with Crippen LogP contribution in [0.1, 0.15) is 17.3 Å². The number of hydrogen-bond donors (Lipinski definition) is 2. The maximum absolute atomic E-state index is 10.8. The van der Waals surface area contributed by atoms with E-state index in [-0.39, 0.29) is 5.78 Å². The van der Waals surface area contributed by atoms with E-state index in [2.05, 4.69) is 5.43 Å². The van der Waals surface area contributed by atoms with E-state index >= 15 is 0 Å². The van der Waals surface area contributed by atoms with Gasteiger partial charge in [0.25, 0.3) is 0 Å². The minimum atomic E-state index is 0.0436. The predicted molar refractivity (Wildman–Crippen MR) is 44.3 cm³/mol. The summed E-state index contributed by atoms with van der Waals surface area (Å²) in [5.41, 5.74) is 3.88. The van der Waals surface area contributed by atoms with Crippen LogP contribution in [0.4, 0.5) is 5.69 Å². The Kier molecular flexibility index (Phi) is 2.23. The summed E-state index contributed by atoms with van der Waals surface area (Å²) >= 11 is 0. The minimum Gasteiger partial charge on any atom is -0.324 e. The maximum Gasteiger partial charge on any atom is 0.159 e. The molecule has 0 radical (unpaired) electrons. The Bertz CT molecular complexity index is 271. The molecule has 0 bridgehead atoms. The third-order valence-corrected chi connectivity index (χ3v) is 1.44. The highest BCUT2D eigenvalue weighted by Gasteiger charge is 1.97. The largest absolute Gasteiger partial charge is 0.324 e. The fraction of sp³-hybridized carbons (Fsp3) is 0.125. The van der Waals surface area contributed by atoms with Gasteiger partial charge in [-0.25, -0.2) is 0 Å². The van der Waals surface area contributed by atoms with Crippen molar-refractivity contribution in [3.8, 4) is 0 Å². The second-order valence-electron chi connectivity index (χ2n) is 2.28. The van der Waals surface area contributed by atoms with E-state index in [1.54, 1.807) is 24.3 Å². The van der Waals surface area contributed by atoms with E-state index in [4.69, 9.17) is 5.84 Å². The Morgan fingerprint density at radius 3 is 2.82 bits per heavy atom. The zero-order valence-electron chi connectivity index (χ0n) is 6.29. The molecule has 11 heavy (non-hydrogen) atoms. The normalized spacial score (nSPS) is 9.27. The van der Waals surface area contributed by atoms with Gasteiger partial charge in [-0.1, -0.05) is 12.1 Å². The zero-order valence-corrected chi connectivity index (χ0v) is 6.29. The van der Waals surface area contributed by atoms with Crippen molar-refractivity contribution < 1.29 is 4.79 Å². The van der Waals surface area contributed by atoms with Gasteiger partial charge < -0.3 is 5.43 Å². The minimum absolute atomic E-state index is 0.0436. The molecule has 0 spiro atoms. The molecule has 0 heterocycles. The smallest absolute Gasteiger partial charge is 0.159 e. The summed E-state index contributed by atoms with van der Waals surface area (Å²) in [6.45, 7) is 1.52. The number of Topliss-reactive ketones (excluding diaryl/α,β-unsaturated/α-hetero) is 1. The van der Waals surface area contributed by atoms with E-state index in [1.807, 2.05) is 0 Å². The van der Waals surface area contributed by atoms with Gasteiger partial charge in [0, 0.05) is 11.3 Å². The number of hydrogen-bond acceptors (Lipinski definition) is 3. The van der Waals surface area contributed by atoms with Crippen LogP contribution in [0, 0.1) is 0 Å². The van der Waals surface area contributed by atoms with Gasteiger partial charge in [0.2, 0.25) is 0 Å². The predicted octanol–water partition coefficient (Wildman–Crippen LogP) is 1.17. The van der Waals surface area contributed by atoms with Gasteiger partial charge in [-0.05, 0) is 19.1 Å². The first kappa shape index (κ1) is 7.75. The quantitative estimate of drug-likeness (QED) is 0.378. The van der Waals surface area contributed by atoms with Crippen LogP contribution < -0.4 is 11.3 Å². The Hall–Kier alpha value is -1.35. The Morgan fingerprint density at radius 2 is 2.27 bits per heavy atom. The van der Waals surface area contributed by atoms with E-state index in [9.17, 15) is 4.79 Å². The standard InChI is InChI=1S/C8H10N2O/c1-6(11)7-3-2-4-8(5-7)10-9/h2-5,10H,9H2,1H3. The topological polar surface area (TPSA) is 55.1 Å². The van der Waals surface area contributed by atoms with Gasteiger partial charge in [-0.15, -0.1) is 0 Å². The molecule has 0 amide bonds. The molecular formula is C8H10N2O. The third kappa shape index (κ3) is 1.78. The van der Waals surface area contributed by atoms with Crippen molar-refractivity contribution in [2.24, 2.45) is 5.84 Å². The summed E-state index contributed by atoms with van der Waals surface area (Å²) in [7, 11) is 0. The van der Waals surface area contributed by atoms with Crippen molar-refractivity contribution in [3.05, 3.63) is 29.8 Å². The molecule has 3 nitrogen and oxygen atoms in total. The fourth-order valence-electron chi connectivity index (χ4n) is 0.828. The van der Waals surface area contributed by atoms with Crippen LogP contribution in [0.15, 0.2) is 24.3 Å². The molecular weight excluding hydrogens is 140 g/mol. The number of rotatable bonds is 2. The molecule has 0 aliphatic rings. The van der Waals surface area contributed by atoms with Crippen LogP contribution in [0.25, 0.3) is 0 Å². The van der Waals surface area contributed by atoms with Gasteiger partial charge in [0.05, 0.1) is 0 Å². The number of carbonyl (C=O) groups excluding carboxylic acids is 1. The molecule has 0 aliphatic heterocycles. The van der Waals surface area contributed by atoms with Gasteiger partial charge >= 0.3 is 0 Å². The monoisotopic (exact) mass is 150 g/mol. The second-order valence-corrected chi connectivity index (χ2v) is 2.28. The van der Waals surface area contributed by atoms with Crippen LogP contribution >= 0.6 is 0 Å². The molecule has 0 fully saturated rings. The first-order valence-corrected chi connectivity index (χ1v) is 3.31. The summed E-state index contributed by atoms with van der Waals surface area (Å²) in [6, 6.07) is 7.05. The molecule has 3 N–H and O–H groups in total. The second kappa shape index (κ2) is 3.16. The molecule has 3 heteroatoms. The van der Waals surface area contributed by atoms with Crippen molar-refractivity contribution in [3.63, 3.8) is 0 Å². The number of ketones is 1. The summed E-state index contributed by atoms with van der Waals surface area (Å²) in [5, 5.41) is 0. The number of benzene rings is 1. The molecule has 1 rings (SSSR count). The average Bonchev–Trinajstić information content (AvgIpc) is 2.05. The SMILES string of the molecule is CC(=O)c1cccc(NN)c1. The van der Waals surface area contributed by atoms with Crippen LogP contribution in [0.2, 0.25) is 0 Å². The number of hydrazine groups is 1. The number of nitrogens with two attached hydrogens (primary N) is 1. The first-order valence-electron chi connectivity index (χ1n) is 3.31. The first-order chi connectivity index (χ1) is 5.24. The van der Waals surface area contributed by atoms with Crippen LogP contribution in [0.3, 0.4) is 0 Å². The van der Waals surface area contributed by atoms with Crippen molar-refractivity contribution >= 4 is 11.5 Å². The van der Waals surface area contributed by atoms with Gasteiger partial charge in [-0.3, -0.25) is 10.6 Å². The van der Waals surface area contributed by atoms with Crippen molar-refractivity contribution in [1.29, 1.82) is 0 Å². The van der Waals surface area contributed by atoms with Crippen LogP contribution in [-0.2, 0) is 0 Å². The number of nitrogen functional groups attached to an aromatic ring is 1. The molecule has 0 unspecified atom stereocenters. The highest BCUT2D eigenvalue weighted by molar-refractivity contribution is 5.94. The van der Waals surface area contributed by atoms with Gasteiger partial charge in [-0.2, -0.15) is 0 Å². The van der Waals surface area contributed by atoms with Crippen LogP contribution in [0.5, 0.6) is 0 Å². The molecule has 0 aliphatic carbocycles. The molecule has 1 aromatic carbocycles. The Labute approximate surface area is 65.2 Å². The van der Waals surface area contributed by atoms with E-state index < -0.39 is 0 Å². The lowest BCUT2D eigenvalue weighted by molar-refractivity contribution is 0.101. The average molecular weight is 150 g/mol. The lowest BCUT2D eigenvalue weighted by Gasteiger charge is -2.00. The molecule has 0 saturated carbocycles. The summed E-state index contributed by atoms with van der Waals surface area (Å²) in [6.07, 6.45) is 0. The molecule has 58 valence electrons. The Balaban J connectivity index is 3.01. The van der Waals surface area contributed by atoms with Crippen molar-refractivity contribution in [2.45, 2.75) is 6.92 Å². The lowest BCUT2D eigenvalue weighted by atomic mass is 10.1. The highest BCUT2D eigenvalue weighted by Crippen LogP contribution is 2.08. The molecule has 0 saturated heterocycles. The van der Waals surface area contributed by atoms with E-state index in [1.165, 1.54) is 6.92 Å². The number of nitrogens with one attached hydrogen (secondary N) is 1. The molecule has 1 aromatic rings. The lowest BCUT2D eigenvalue weighted by Crippen LogP contribution is -2.07. The van der Waals surface area contributed by atoms with Crippen LogP contribution in [-0.4, -0.2) is 5.78 Å². The number of carbonyl (C=O) groups is 1. The zero-order chi connectivity index (χ0) is 8.27. The fourth-order valence-corrected chi connectivity index (χ4v) is 0.828. The molecule has 0 aromatic heterocycles. The maximum atomic E-state index is 10.8. The highest BCUT2D eigenvalue weighted by atomic mass is 16.1. The summed E-state index contributed by atoms with van der Waals surface area (Å²) in [5.74, 6) is 5.20. The number of anilines is 1. The van der Waals surface area contributed by atoms with Gasteiger partial charge in [0.1, 0.15) is 0 Å². The summed E-state index contributed by atoms with van der Waals surface area (Å²) < 4.78 is 0. The molecule has 0 atom stereocenters. The summed E-state index contributed by atoms with van der Waals surface area (Å²) in [4.78, 5) is 10.8. The van der Waals surface area contributed by atoms with E-state index in [0.717, 1.165) is 5.69 Å².